The van der Waals surface area contributed by atoms with Gasteiger partial charge in [-0.3, -0.25) is 9.59 Å². The first kappa shape index (κ1) is 22.7. The van der Waals surface area contributed by atoms with Crippen LogP contribution >= 0.6 is 12.4 Å². The van der Waals surface area contributed by atoms with Crippen LogP contribution in [0.15, 0.2) is 24.3 Å². The number of piperidine rings is 1. The van der Waals surface area contributed by atoms with Gasteiger partial charge in [-0.15, -0.1) is 12.4 Å². The molecule has 2 bridgehead atoms. The van der Waals surface area contributed by atoms with Crippen molar-refractivity contribution in [2.45, 2.75) is 76.4 Å². The average molecular weight is 408 g/mol. The van der Waals surface area contributed by atoms with Crippen molar-refractivity contribution < 1.29 is 9.59 Å². The zero-order valence-electron chi connectivity index (χ0n) is 17.5. The minimum absolute atomic E-state index is 0. The van der Waals surface area contributed by atoms with Crippen LogP contribution in [0.1, 0.15) is 68.8 Å². The predicted octanol–water partition coefficient (Wildman–Crippen LogP) is 3.27. The second-order valence-electron chi connectivity index (χ2n) is 9.10. The van der Waals surface area contributed by atoms with Gasteiger partial charge in [-0.2, -0.15) is 0 Å². The molecule has 2 atom stereocenters. The van der Waals surface area contributed by atoms with E-state index in [0.29, 0.717) is 36.7 Å². The smallest absolute Gasteiger partial charge is 0.251 e. The summed E-state index contributed by atoms with van der Waals surface area (Å²) in [7, 11) is 1.91. The standard InChI is InChI=1S/C22H33N3O2.ClH/c1-22(2,3)16-7-5-15(6-8-16)21(27)23-12-11-20(26)25(4)19-13-17-9-10-18(14-19)24-17;/h5-8,17-19,24H,9-14H2,1-4H3,(H,23,27);1H. The number of carbonyl (C=O) groups excluding carboxylic acids is 2. The largest absolute Gasteiger partial charge is 0.352 e. The van der Waals surface area contributed by atoms with Gasteiger partial charge in [0, 0.05) is 43.7 Å². The van der Waals surface area contributed by atoms with Gasteiger partial charge in [0.05, 0.1) is 0 Å². The predicted molar refractivity (Wildman–Crippen MR) is 115 cm³/mol. The van der Waals surface area contributed by atoms with Crippen LogP contribution in [0.25, 0.3) is 0 Å². The zero-order valence-corrected chi connectivity index (χ0v) is 18.3. The average Bonchev–Trinajstić information content (AvgIpc) is 2.98. The maximum atomic E-state index is 12.5. The van der Waals surface area contributed by atoms with Crippen LogP contribution in [0.3, 0.4) is 0 Å². The maximum Gasteiger partial charge on any atom is 0.251 e. The van der Waals surface area contributed by atoms with E-state index in [9.17, 15) is 9.59 Å². The van der Waals surface area contributed by atoms with Gasteiger partial charge in [0.15, 0.2) is 0 Å². The van der Waals surface area contributed by atoms with Crippen molar-refractivity contribution in [2.75, 3.05) is 13.6 Å². The third-order valence-corrected chi connectivity index (χ3v) is 6.03. The van der Waals surface area contributed by atoms with E-state index in [0.717, 1.165) is 12.8 Å². The fourth-order valence-electron chi connectivity index (χ4n) is 4.23. The summed E-state index contributed by atoms with van der Waals surface area (Å²) in [6.07, 6.45) is 4.90. The van der Waals surface area contributed by atoms with Crippen LogP contribution in [0, 0.1) is 0 Å². The van der Waals surface area contributed by atoms with Crippen LogP contribution in [-0.2, 0) is 10.2 Å². The van der Waals surface area contributed by atoms with Gasteiger partial charge >= 0.3 is 0 Å². The highest BCUT2D eigenvalue weighted by atomic mass is 35.5. The molecule has 2 N–H and O–H groups in total. The molecule has 2 fully saturated rings. The van der Waals surface area contributed by atoms with Gasteiger partial charge in [0.1, 0.15) is 0 Å². The first-order valence-corrected chi connectivity index (χ1v) is 10.1. The molecule has 6 heteroatoms. The molecule has 156 valence electrons. The molecule has 2 aliphatic heterocycles. The number of nitrogens with one attached hydrogen (secondary N) is 2. The second kappa shape index (κ2) is 9.27. The van der Waals surface area contributed by atoms with E-state index in [1.54, 1.807) is 0 Å². The molecule has 5 nitrogen and oxygen atoms in total. The summed E-state index contributed by atoms with van der Waals surface area (Å²) in [4.78, 5) is 26.7. The summed E-state index contributed by atoms with van der Waals surface area (Å²) < 4.78 is 0. The molecule has 0 aromatic heterocycles. The normalized spacial score (nSPS) is 23.6. The number of rotatable bonds is 5. The Hall–Kier alpha value is -1.59. The first-order chi connectivity index (χ1) is 12.7. The molecule has 2 aliphatic rings. The summed E-state index contributed by atoms with van der Waals surface area (Å²) in [5.74, 6) is -0.00416. The second-order valence-corrected chi connectivity index (χ2v) is 9.10. The molecule has 2 heterocycles. The lowest BCUT2D eigenvalue weighted by Gasteiger charge is -2.35. The van der Waals surface area contributed by atoms with Crippen molar-refractivity contribution in [3.63, 3.8) is 0 Å². The van der Waals surface area contributed by atoms with Crippen molar-refractivity contribution in [3.05, 3.63) is 35.4 Å². The van der Waals surface area contributed by atoms with Crippen molar-refractivity contribution >= 4 is 24.2 Å². The van der Waals surface area contributed by atoms with Crippen molar-refractivity contribution in [1.29, 1.82) is 0 Å². The Morgan fingerprint density at radius 1 is 1.11 bits per heavy atom. The molecule has 3 rings (SSSR count). The summed E-state index contributed by atoms with van der Waals surface area (Å²) >= 11 is 0. The van der Waals surface area contributed by atoms with E-state index in [1.807, 2.05) is 36.2 Å². The molecule has 28 heavy (non-hydrogen) atoms. The van der Waals surface area contributed by atoms with Gasteiger partial charge in [0.25, 0.3) is 5.91 Å². The van der Waals surface area contributed by atoms with Crippen LogP contribution < -0.4 is 10.6 Å². The molecule has 0 aliphatic carbocycles. The highest BCUT2D eigenvalue weighted by Gasteiger charge is 2.36. The summed E-state index contributed by atoms with van der Waals surface area (Å²) in [5.41, 5.74) is 1.91. The Morgan fingerprint density at radius 3 is 2.21 bits per heavy atom. The topological polar surface area (TPSA) is 61.4 Å². The fourth-order valence-corrected chi connectivity index (χ4v) is 4.23. The summed E-state index contributed by atoms with van der Waals surface area (Å²) in [5, 5.41) is 6.49. The monoisotopic (exact) mass is 407 g/mol. The third kappa shape index (κ3) is 5.48. The molecule has 1 aromatic rings. The summed E-state index contributed by atoms with van der Waals surface area (Å²) in [6.45, 7) is 6.83. The van der Waals surface area contributed by atoms with Crippen molar-refractivity contribution in [3.8, 4) is 0 Å². The number of fused-ring (bicyclic) bond motifs is 2. The molecule has 2 amide bonds. The van der Waals surface area contributed by atoms with Gasteiger partial charge in [-0.25, -0.2) is 0 Å². The van der Waals surface area contributed by atoms with E-state index >= 15 is 0 Å². The lowest BCUT2D eigenvalue weighted by molar-refractivity contribution is -0.132. The Bertz CT molecular complexity index is 672. The van der Waals surface area contributed by atoms with Crippen LogP contribution in [0.5, 0.6) is 0 Å². The summed E-state index contributed by atoms with van der Waals surface area (Å²) in [6, 6.07) is 9.18. The molecule has 2 saturated heterocycles. The first-order valence-electron chi connectivity index (χ1n) is 10.1. The number of halogens is 1. The number of benzene rings is 1. The van der Waals surface area contributed by atoms with Crippen molar-refractivity contribution in [2.24, 2.45) is 0 Å². The maximum absolute atomic E-state index is 12.5. The lowest BCUT2D eigenvalue weighted by atomic mass is 9.87. The molecule has 0 radical (unpaired) electrons. The van der Waals surface area contributed by atoms with E-state index in [-0.39, 0.29) is 29.6 Å². The lowest BCUT2D eigenvalue weighted by Crippen LogP contribution is -2.49. The van der Waals surface area contributed by atoms with Gasteiger partial charge in [-0.05, 0) is 48.8 Å². The van der Waals surface area contributed by atoms with Crippen LogP contribution in [-0.4, -0.2) is 48.4 Å². The minimum atomic E-state index is -0.120. The van der Waals surface area contributed by atoms with E-state index in [2.05, 4.69) is 31.4 Å². The van der Waals surface area contributed by atoms with E-state index < -0.39 is 0 Å². The van der Waals surface area contributed by atoms with Crippen LogP contribution in [0.4, 0.5) is 0 Å². The molecule has 0 saturated carbocycles. The molecule has 2 unspecified atom stereocenters. The Kier molecular flexibility index (Phi) is 7.52. The number of hydrogen-bond donors (Lipinski definition) is 2. The minimum Gasteiger partial charge on any atom is -0.352 e. The van der Waals surface area contributed by atoms with Gasteiger partial charge in [-0.1, -0.05) is 32.9 Å². The molecular weight excluding hydrogens is 374 g/mol. The zero-order chi connectivity index (χ0) is 19.6. The highest BCUT2D eigenvalue weighted by Crippen LogP contribution is 2.29. The van der Waals surface area contributed by atoms with Gasteiger partial charge < -0.3 is 15.5 Å². The third-order valence-electron chi connectivity index (χ3n) is 6.03. The molecule has 1 aromatic carbocycles. The molecule has 0 spiro atoms. The number of amides is 2. The van der Waals surface area contributed by atoms with Crippen molar-refractivity contribution in [1.82, 2.24) is 15.5 Å². The number of hydrogen-bond acceptors (Lipinski definition) is 3. The quantitative estimate of drug-likeness (QED) is 0.787. The Balaban J connectivity index is 0.00000280. The van der Waals surface area contributed by atoms with Gasteiger partial charge in [0.2, 0.25) is 5.91 Å². The Labute approximate surface area is 175 Å². The van der Waals surface area contributed by atoms with E-state index in [1.165, 1.54) is 18.4 Å². The highest BCUT2D eigenvalue weighted by molar-refractivity contribution is 5.94. The SMILES string of the molecule is CN(C(=O)CCNC(=O)c1ccc(C(C)(C)C)cc1)C1CC2CCC(C1)N2.Cl. The number of nitrogens with zero attached hydrogens (tertiary/aromatic N) is 1. The van der Waals surface area contributed by atoms with E-state index in [4.69, 9.17) is 0 Å². The molecular formula is C22H34ClN3O2. The van der Waals surface area contributed by atoms with Crippen LogP contribution in [0.2, 0.25) is 0 Å². The number of carbonyl (C=O) groups is 2. The Morgan fingerprint density at radius 2 is 1.68 bits per heavy atom. The fraction of sp³-hybridized carbons (Fsp3) is 0.636.